The van der Waals surface area contributed by atoms with Gasteiger partial charge in [-0.3, -0.25) is 4.79 Å². The molecule has 0 bridgehead atoms. The second-order valence-electron chi connectivity index (χ2n) is 4.80. The van der Waals surface area contributed by atoms with Gasteiger partial charge in [-0.1, -0.05) is 19.8 Å². The van der Waals surface area contributed by atoms with Crippen molar-refractivity contribution in [2.75, 3.05) is 6.61 Å². The van der Waals surface area contributed by atoms with Crippen molar-refractivity contribution in [3.8, 4) is 0 Å². The highest BCUT2D eigenvalue weighted by molar-refractivity contribution is 5.70. The van der Waals surface area contributed by atoms with Crippen molar-refractivity contribution in [2.24, 2.45) is 11.3 Å². The predicted octanol–water partition coefficient (Wildman–Crippen LogP) is 2.52. The van der Waals surface area contributed by atoms with Crippen LogP contribution in [-0.2, 0) is 9.53 Å². The number of cyclic esters (lactones) is 1. The number of hydrogen-bond acceptors (Lipinski definition) is 2. The molecule has 2 heteroatoms. The first kappa shape index (κ1) is 9.04. The molecule has 0 amide bonds. The van der Waals surface area contributed by atoms with Gasteiger partial charge >= 0.3 is 5.97 Å². The van der Waals surface area contributed by atoms with E-state index in [4.69, 9.17) is 4.74 Å². The Bertz CT molecular complexity index is 194. The van der Waals surface area contributed by atoms with Crippen LogP contribution in [0.5, 0.6) is 0 Å². The zero-order chi connectivity index (χ0) is 9.31. The molecule has 1 atom stereocenters. The van der Waals surface area contributed by atoms with Crippen molar-refractivity contribution in [1.82, 2.24) is 0 Å². The van der Waals surface area contributed by atoms with Crippen molar-refractivity contribution in [2.45, 2.75) is 45.4 Å². The van der Waals surface area contributed by atoms with E-state index in [1.54, 1.807) is 0 Å². The van der Waals surface area contributed by atoms with Gasteiger partial charge < -0.3 is 4.74 Å². The van der Waals surface area contributed by atoms with Gasteiger partial charge in [0, 0.05) is 11.8 Å². The van der Waals surface area contributed by atoms with Crippen LogP contribution in [0.1, 0.15) is 45.4 Å². The van der Waals surface area contributed by atoms with Gasteiger partial charge in [0.1, 0.15) is 0 Å². The van der Waals surface area contributed by atoms with E-state index in [0.29, 0.717) is 18.4 Å². The fourth-order valence-electron chi connectivity index (χ4n) is 2.72. The quantitative estimate of drug-likeness (QED) is 0.582. The molecule has 2 nitrogen and oxygen atoms in total. The first-order valence-electron chi connectivity index (χ1n) is 5.36. The van der Waals surface area contributed by atoms with Gasteiger partial charge in [0.25, 0.3) is 0 Å². The van der Waals surface area contributed by atoms with Crippen LogP contribution in [0.15, 0.2) is 0 Å². The molecule has 2 fully saturated rings. The molecule has 0 radical (unpaired) electrons. The number of ether oxygens (including phenoxy) is 1. The molecule has 1 aliphatic heterocycles. The molecule has 1 unspecified atom stereocenters. The van der Waals surface area contributed by atoms with Crippen molar-refractivity contribution >= 4 is 5.97 Å². The molecule has 1 heterocycles. The Morgan fingerprint density at radius 1 is 1.38 bits per heavy atom. The van der Waals surface area contributed by atoms with Crippen LogP contribution in [-0.4, -0.2) is 12.6 Å². The number of carbonyl (C=O) groups is 1. The average molecular weight is 182 g/mol. The second-order valence-corrected chi connectivity index (χ2v) is 4.80. The molecule has 0 aromatic carbocycles. The number of rotatable bonds is 1. The van der Waals surface area contributed by atoms with Crippen LogP contribution in [0.25, 0.3) is 0 Å². The fourth-order valence-corrected chi connectivity index (χ4v) is 2.72. The first-order valence-corrected chi connectivity index (χ1v) is 5.36. The van der Waals surface area contributed by atoms with Crippen LogP contribution < -0.4 is 0 Å². The van der Waals surface area contributed by atoms with E-state index in [2.05, 4.69) is 6.92 Å². The molecule has 1 saturated heterocycles. The molecule has 0 aromatic heterocycles. The normalized spacial score (nSPS) is 36.2. The number of hydrogen-bond donors (Lipinski definition) is 0. The Kier molecular flexibility index (Phi) is 2.31. The molecule has 0 aromatic rings. The molecule has 2 rings (SSSR count). The highest BCUT2D eigenvalue weighted by atomic mass is 16.5. The van der Waals surface area contributed by atoms with Gasteiger partial charge in [-0.15, -0.1) is 0 Å². The van der Waals surface area contributed by atoms with Crippen molar-refractivity contribution < 1.29 is 9.53 Å². The summed E-state index contributed by atoms with van der Waals surface area (Å²) in [5, 5.41) is 0. The van der Waals surface area contributed by atoms with E-state index in [1.807, 2.05) is 0 Å². The van der Waals surface area contributed by atoms with Gasteiger partial charge in [0.05, 0.1) is 6.61 Å². The lowest BCUT2D eigenvalue weighted by atomic mass is 9.72. The zero-order valence-electron chi connectivity index (χ0n) is 8.34. The minimum absolute atomic E-state index is 0.00419. The maximum atomic E-state index is 10.9. The standard InChI is InChI=1S/C11H18O2/c1-11(9-4-2-3-5-9)7-6-10(12)13-8-11/h9H,2-8H2,1H3. The van der Waals surface area contributed by atoms with E-state index in [-0.39, 0.29) is 5.97 Å². The Balaban J connectivity index is 1.98. The predicted molar refractivity (Wildman–Crippen MR) is 50.3 cm³/mol. The molecule has 2 aliphatic rings. The SMILES string of the molecule is CC1(C2CCCC2)CCC(=O)OC1. The van der Waals surface area contributed by atoms with E-state index in [1.165, 1.54) is 25.7 Å². The van der Waals surface area contributed by atoms with Crippen LogP contribution in [0.4, 0.5) is 0 Å². The highest BCUT2D eigenvalue weighted by Crippen LogP contribution is 2.44. The Morgan fingerprint density at radius 2 is 2.08 bits per heavy atom. The van der Waals surface area contributed by atoms with E-state index >= 15 is 0 Å². The smallest absolute Gasteiger partial charge is 0.305 e. The lowest BCUT2D eigenvalue weighted by molar-refractivity contribution is -0.156. The molecule has 13 heavy (non-hydrogen) atoms. The van der Waals surface area contributed by atoms with Crippen molar-refractivity contribution in [3.05, 3.63) is 0 Å². The van der Waals surface area contributed by atoms with Crippen LogP contribution in [0, 0.1) is 11.3 Å². The van der Waals surface area contributed by atoms with E-state index < -0.39 is 0 Å². The molecule has 0 N–H and O–H groups in total. The summed E-state index contributed by atoms with van der Waals surface area (Å²) in [6.45, 7) is 2.95. The maximum Gasteiger partial charge on any atom is 0.305 e. The Morgan fingerprint density at radius 3 is 2.62 bits per heavy atom. The molecular weight excluding hydrogens is 164 g/mol. The third kappa shape index (κ3) is 1.72. The third-order valence-electron chi connectivity index (χ3n) is 3.80. The molecular formula is C11H18O2. The summed E-state index contributed by atoms with van der Waals surface area (Å²) in [6, 6.07) is 0. The minimum Gasteiger partial charge on any atom is -0.465 e. The second kappa shape index (κ2) is 3.32. The Labute approximate surface area is 79.7 Å². The largest absolute Gasteiger partial charge is 0.465 e. The summed E-state index contributed by atoms with van der Waals surface area (Å²) >= 11 is 0. The molecule has 1 aliphatic carbocycles. The summed E-state index contributed by atoms with van der Waals surface area (Å²) in [5.41, 5.74) is 0.296. The van der Waals surface area contributed by atoms with Crippen LogP contribution in [0.3, 0.4) is 0 Å². The fraction of sp³-hybridized carbons (Fsp3) is 0.909. The lowest BCUT2D eigenvalue weighted by Crippen LogP contribution is -2.36. The Hall–Kier alpha value is -0.530. The van der Waals surface area contributed by atoms with Crippen molar-refractivity contribution in [3.63, 3.8) is 0 Å². The van der Waals surface area contributed by atoms with Gasteiger partial charge in [-0.25, -0.2) is 0 Å². The van der Waals surface area contributed by atoms with Gasteiger partial charge in [-0.05, 0) is 25.2 Å². The monoisotopic (exact) mass is 182 g/mol. The highest BCUT2D eigenvalue weighted by Gasteiger charge is 2.39. The maximum absolute atomic E-state index is 10.9. The van der Waals surface area contributed by atoms with Crippen LogP contribution in [0.2, 0.25) is 0 Å². The topological polar surface area (TPSA) is 26.3 Å². The molecule has 74 valence electrons. The van der Waals surface area contributed by atoms with Crippen molar-refractivity contribution in [1.29, 1.82) is 0 Å². The van der Waals surface area contributed by atoms with Gasteiger partial charge in [0.2, 0.25) is 0 Å². The van der Waals surface area contributed by atoms with E-state index in [0.717, 1.165) is 12.3 Å². The summed E-state index contributed by atoms with van der Waals surface area (Å²) < 4.78 is 5.17. The third-order valence-corrected chi connectivity index (χ3v) is 3.80. The molecule has 1 saturated carbocycles. The molecule has 0 spiro atoms. The van der Waals surface area contributed by atoms with Gasteiger partial charge in [-0.2, -0.15) is 0 Å². The number of esters is 1. The lowest BCUT2D eigenvalue weighted by Gasteiger charge is -2.37. The first-order chi connectivity index (χ1) is 6.21. The summed E-state index contributed by atoms with van der Waals surface area (Å²) in [6.07, 6.45) is 7.09. The van der Waals surface area contributed by atoms with Crippen LogP contribution >= 0.6 is 0 Å². The van der Waals surface area contributed by atoms with Gasteiger partial charge in [0.15, 0.2) is 0 Å². The number of carbonyl (C=O) groups excluding carboxylic acids is 1. The summed E-state index contributed by atoms with van der Waals surface area (Å²) in [4.78, 5) is 10.9. The summed E-state index contributed by atoms with van der Waals surface area (Å²) in [7, 11) is 0. The van der Waals surface area contributed by atoms with E-state index in [9.17, 15) is 4.79 Å². The zero-order valence-corrected chi connectivity index (χ0v) is 8.34. The average Bonchev–Trinajstić information content (AvgIpc) is 2.63. The summed E-state index contributed by atoms with van der Waals surface area (Å²) in [5.74, 6) is 0.802. The minimum atomic E-state index is -0.00419.